The third-order valence-electron chi connectivity index (χ3n) is 5.47. The van der Waals surface area contributed by atoms with E-state index in [4.69, 9.17) is 13.6 Å². The summed E-state index contributed by atoms with van der Waals surface area (Å²) in [6.45, 7) is 3.93. The minimum Gasteiger partial charge on any atom is -0.486 e. The molecule has 164 valence electrons. The number of amides is 1. The van der Waals surface area contributed by atoms with Crippen LogP contribution in [0.2, 0.25) is 0 Å². The highest BCUT2D eigenvalue weighted by molar-refractivity contribution is 6.09. The summed E-state index contributed by atoms with van der Waals surface area (Å²) >= 11 is 0. The standard InChI is InChI=1S/C27H22N2O4/c1-17-8-3-6-11-22(17)28-26(30)21-14-19-9-4-5-10-20(19)15-25(21)32-16-23-18(2)33-27(29-23)24-12-7-13-31-24/h3-15H,16H2,1-2H3,(H,28,30). The molecule has 2 heterocycles. The molecule has 0 unspecified atom stereocenters. The number of benzene rings is 3. The quantitative estimate of drug-likeness (QED) is 0.326. The Morgan fingerprint density at radius 3 is 2.48 bits per heavy atom. The van der Waals surface area contributed by atoms with E-state index in [1.807, 2.05) is 74.5 Å². The van der Waals surface area contributed by atoms with Gasteiger partial charge in [0.05, 0.1) is 11.8 Å². The molecule has 5 rings (SSSR count). The van der Waals surface area contributed by atoms with E-state index < -0.39 is 0 Å². The average Bonchev–Trinajstić information content (AvgIpc) is 3.48. The monoisotopic (exact) mass is 438 g/mol. The molecule has 0 radical (unpaired) electrons. The van der Waals surface area contributed by atoms with Crippen molar-refractivity contribution in [2.75, 3.05) is 5.32 Å². The maximum atomic E-state index is 13.2. The summed E-state index contributed by atoms with van der Waals surface area (Å²) < 4.78 is 17.2. The van der Waals surface area contributed by atoms with Crippen molar-refractivity contribution in [2.45, 2.75) is 20.5 Å². The first-order chi connectivity index (χ1) is 16.1. The lowest BCUT2D eigenvalue weighted by atomic mass is 10.0. The fourth-order valence-corrected chi connectivity index (χ4v) is 3.63. The van der Waals surface area contributed by atoms with Crippen molar-refractivity contribution in [2.24, 2.45) is 0 Å². The van der Waals surface area contributed by atoms with Gasteiger partial charge in [-0.3, -0.25) is 4.79 Å². The Labute approximate surface area is 190 Å². The minimum atomic E-state index is -0.238. The molecular formula is C27H22N2O4. The van der Waals surface area contributed by atoms with Crippen LogP contribution < -0.4 is 10.1 Å². The molecule has 0 atom stereocenters. The van der Waals surface area contributed by atoms with Gasteiger partial charge in [-0.05, 0) is 60.5 Å². The number of hydrogen-bond acceptors (Lipinski definition) is 5. The average molecular weight is 438 g/mol. The van der Waals surface area contributed by atoms with Gasteiger partial charge in [0, 0.05) is 5.69 Å². The number of para-hydroxylation sites is 1. The number of anilines is 1. The predicted molar refractivity (Wildman–Crippen MR) is 126 cm³/mol. The molecule has 33 heavy (non-hydrogen) atoms. The number of fused-ring (bicyclic) bond motifs is 1. The fourth-order valence-electron chi connectivity index (χ4n) is 3.63. The van der Waals surface area contributed by atoms with Gasteiger partial charge in [-0.2, -0.15) is 0 Å². The van der Waals surface area contributed by atoms with Crippen LogP contribution in [0.1, 0.15) is 27.4 Å². The molecule has 0 aliphatic heterocycles. The molecule has 0 saturated carbocycles. The first kappa shape index (κ1) is 20.6. The van der Waals surface area contributed by atoms with Gasteiger partial charge in [-0.25, -0.2) is 4.98 Å². The molecule has 1 N–H and O–H groups in total. The molecule has 6 nitrogen and oxygen atoms in total. The summed E-state index contributed by atoms with van der Waals surface area (Å²) in [6.07, 6.45) is 1.57. The molecule has 0 fully saturated rings. The lowest BCUT2D eigenvalue weighted by molar-refractivity contribution is 0.102. The normalized spacial score (nSPS) is 11.0. The molecule has 0 aliphatic carbocycles. The van der Waals surface area contributed by atoms with Crippen LogP contribution >= 0.6 is 0 Å². The Kier molecular flexibility index (Phi) is 5.40. The van der Waals surface area contributed by atoms with Gasteiger partial charge in [0.15, 0.2) is 5.76 Å². The van der Waals surface area contributed by atoms with Gasteiger partial charge < -0.3 is 18.9 Å². The van der Waals surface area contributed by atoms with E-state index in [1.54, 1.807) is 18.4 Å². The van der Waals surface area contributed by atoms with E-state index in [1.165, 1.54) is 0 Å². The molecule has 0 bridgehead atoms. The third kappa shape index (κ3) is 4.23. The Balaban J connectivity index is 1.46. The fraction of sp³-hybridized carbons (Fsp3) is 0.111. The molecule has 0 aliphatic rings. The summed E-state index contributed by atoms with van der Waals surface area (Å²) in [4.78, 5) is 17.7. The van der Waals surface area contributed by atoms with E-state index in [-0.39, 0.29) is 12.5 Å². The van der Waals surface area contributed by atoms with Crippen LogP contribution in [-0.2, 0) is 6.61 Å². The number of aryl methyl sites for hydroxylation is 2. The zero-order chi connectivity index (χ0) is 22.8. The van der Waals surface area contributed by atoms with Crippen LogP contribution in [0.4, 0.5) is 5.69 Å². The number of oxazole rings is 1. The number of carbonyl (C=O) groups excluding carboxylic acids is 1. The zero-order valence-electron chi connectivity index (χ0n) is 18.3. The van der Waals surface area contributed by atoms with Gasteiger partial charge in [0.25, 0.3) is 11.8 Å². The number of nitrogens with zero attached hydrogens (tertiary/aromatic N) is 1. The highest BCUT2D eigenvalue weighted by atomic mass is 16.5. The highest BCUT2D eigenvalue weighted by Gasteiger charge is 2.18. The molecule has 2 aromatic heterocycles. The Hall–Kier alpha value is -4.32. The van der Waals surface area contributed by atoms with Crippen LogP contribution in [0.15, 0.2) is 87.9 Å². The molecule has 0 spiro atoms. The second-order valence-electron chi connectivity index (χ2n) is 7.75. The van der Waals surface area contributed by atoms with Crippen LogP contribution in [0, 0.1) is 13.8 Å². The molecule has 5 aromatic rings. The van der Waals surface area contributed by atoms with Crippen molar-refractivity contribution in [3.05, 3.63) is 102 Å². The zero-order valence-corrected chi connectivity index (χ0v) is 18.3. The van der Waals surface area contributed by atoms with Crippen molar-refractivity contribution in [1.29, 1.82) is 0 Å². The van der Waals surface area contributed by atoms with E-state index in [0.717, 1.165) is 22.0 Å². The number of carbonyl (C=O) groups is 1. The van der Waals surface area contributed by atoms with Gasteiger partial charge >= 0.3 is 0 Å². The van der Waals surface area contributed by atoms with Crippen LogP contribution in [0.5, 0.6) is 5.75 Å². The van der Waals surface area contributed by atoms with Crippen molar-refractivity contribution in [3.63, 3.8) is 0 Å². The number of aromatic nitrogens is 1. The second-order valence-corrected chi connectivity index (χ2v) is 7.75. The van der Waals surface area contributed by atoms with Crippen molar-refractivity contribution in [3.8, 4) is 17.4 Å². The molecule has 6 heteroatoms. The molecule has 3 aromatic carbocycles. The Morgan fingerprint density at radius 2 is 1.73 bits per heavy atom. The van der Waals surface area contributed by atoms with Gasteiger partial charge in [0.1, 0.15) is 23.8 Å². The van der Waals surface area contributed by atoms with E-state index in [9.17, 15) is 4.79 Å². The number of rotatable bonds is 6. The SMILES string of the molecule is Cc1ccccc1NC(=O)c1cc2ccccc2cc1OCc1nc(-c2ccco2)oc1C. The van der Waals surface area contributed by atoms with Crippen LogP contribution in [0.25, 0.3) is 22.4 Å². The first-order valence-corrected chi connectivity index (χ1v) is 10.6. The smallest absolute Gasteiger partial charge is 0.263 e. The van der Waals surface area contributed by atoms with Crippen LogP contribution in [0.3, 0.4) is 0 Å². The summed E-state index contributed by atoms with van der Waals surface area (Å²) in [5.41, 5.74) is 2.83. The topological polar surface area (TPSA) is 77.5 Å². The van der Waals surface area contributed by atoms with Gasteiger partial charge in [-0.1, -0.05) is 42.5 Å². The number of nitrogens with one attached hydrogen (secondary N) is 1. The summed E-state index contributed by atoms with van der Waals surface area (Å²) in [5, 5.41) is 4.93. The Morgan fingerprint density at radius 1 is 0.970 bits per heavy atom. The molecule has 0 saturated heterocycles. The molecule has 1 amide bonds. The van der Waals surface area contributed by atoms with Crippen LogP contribution in [-0.4, -0.2) is 10.9 Å². The predicted octanol–water partition coefficient (Wildman–Crippen LogP) is 6.54. The second kappa shape index (κ2) is 8.67. The first-order valence-electron chi connectivity index (χ1n) is 10.6. The van der Waals surface area contributed by atoms with Gasteiger partial charge in [0.2, 0.25) is 0 Å². The van der Waals surface area contributed by atoms with Gasteiger partial charge in [-0.15, -0.1) is 0 Å². The maximum absolute atomic E-state index is 13.2. The largest absolute Gasteiger partial charge is 0.486 e. The lowest BCUT2D eigenvalue weighted by Crippen LogP contribution is -2.14. The number of ether oxygens (including phenoxy) is 1. The highest BCUT2D eigenvalue weighted by Crippen LogP contribution is 2.29. The summed E-state index contributed by atoms with van der Waals surface area (Å²) in [5.74, 6) is 1.81. The summed E-state index contributed by atoms with van der Waals surface area (Å²) in [7, 11) is 0. The number of hydrogen-bond donors (Lipinski definition) is 1. The van der Waals surface area contributed by atoms with E-state index in [2.05, 4.69) is 10.3 Å². The van der Waals surface area contributed by atoms with Crippen molar-refractivity contribution >= 4 is 22.4 Å². The van der Waals surface area contributed by atoms with E-state index in [0.29, 0.717) is 34.4 Å². The minimum absolute atomic E-state index is 0.152. The van der Waals surface area contributed by atoms with Crippen molar-refractivity contribution < 1.29 is 18.4 Å². The number of furan rings is 1. The third-order valence-corrected chi connectivity index (χ3v) is 5.47. The maximum Gasteiger partial charge on any atom is 0.263 e. The summed E-state index contributed by atoms with van der Waals surface area (Å²) in [6, 6.07) is 22.8. The van der Waals surface area contributed by atoms with Crippen molar-refractivity contribution in [1.82, 2.24) is 4.98 Å². The van der Waals surface area contributed by atoms with E-state index >= 15 is 0 Å². The lowest BCUT2D eigenvalue weighted by Gasteiger charge is -2.14. The Bertz CT molecular complexity index is 1430. The molecular weight excluding hydrogens is 416 g/mol.